The normalized spacial score (nSPS) is 11.3. The predicted octanol–water partition coefficient (Wildman–Crippen LogP) is 0.508. The zero-order chi connectivity index (χ0) is 12.2. The maximum absolute atomic E-state index is 10.4. The second-order valence-electron chi connectivity index (χ2n) is 3.29. The summed E-state index contributed by atoms with van der Waals surface area (Å²) in [6, 6.07) is 4.80. The van der Waals surface area contributed by atoms with Crippen molar-refractivity contribution in [3.63, 3.8) is 0 Å². The minimum Gasteiger partial charge on any atom is -0.491 e. The van der Waals surface area contributed by atoms with Crippen molar-refractivity contribution in [1.82, 2.24) is 0 Å². The first-order valence-electron chi connectivity index (χ1n) is 4.61. The Hall–Kier alpha value is -1.47. The monoisotopic (exact) mass is 246 g/mol. The quantitative estimate of drug-likeness (QED) is 0.396. The molecule has 0 heterocycles. The lowest BCUT2D eigenvalue weighted by atomic mass is 10.2. The summed E-state index contributed by atoms with van der Waals surface area (Å²) in [7, 11) is -3.93. The molecule has 5 N–H and O–H groups in total. The molecular weight excluding hydrogens is 232 g/mol. The lowest BCUT2D eigenvalue weighted by Gasteiger charge is -2.08. The van der Waals surface area contributed by atoms with Crippen molar-refractivity contribution < 1.29 is 17.7 Å². The van der Waals surface area contributed by atoms with Crippen molar-refractivity contribution in [3.8, 4) is 5.75 Å². The molecule has 0 aliphatic heterocycles. The van der Waals surface area contributed by atoms with E-state index in [1.54, 1.807) is 18.2 Å². The third-order valence-electron chi connectivity index (χ3n) is 1.84. The van der Waals surface area contributed by atoms with E-state index >= 15 is 0 Å². The molecule has 16 heavy (non-hydrogen) atoms. The summed E-state index contributed by atoms with van der Waals surface area (Å²) in [5.41, 5.74) is 12.1. The largest absolute Gasteiger partial charge is 0.491 e. The van der Waals surface area contributed by atoms with Crippen LogP contribution in [0.2, 0.25) is 0 Å². The van der Waals surface area contributed by atoms with Gasteiger partial charge in [-0.1, -0.05) is 0 Å². The molecule has 0 bridgehead atoms. The van der Waals surface area contributed by atoms with Crippen LogP contribution in [0.1, 0.15) is 6.42 Å². The van der Waals surface area contributed by atoms with Crippen molar-refractivity contribution >= 4 is 21.5 Å². The summed E-state index contributed by atoms with van der Waals surface area (Å²) < 4.78 is 34.6. The second kappa shape index (κ2) is 5.04. The van der Waals surface area contributed by atoms with Gasteiger partial charge in [0.25, 0.3) is 10.1 Å². The molecule has 6 nitrogen and oxygen atoms in total. The average molecular weight is 246 g/mol. The Morgan fingerprint density at radius 1 is 1.31 bits per heavy atom. The summed E-state index contributed by atoms with van der Waals surface area (Å²) in [5, 5.41) is 0. The highest BCUT2D eigenvalue weighted by molar-refractivity contribution is 7.85. The molecule has 0 aliphatic rings. The van der Waals surface area contributed by atoms with Crippen molar-refractivity contribution in [2.24, 2.45) is 0 Å². The summed E-state index contributed by atoms with van der Waals surface area (Å²) in [6.07, 6.45) is 0.188. The fraction of sp³-hybridized carbons (Fsp3) is 0.333. The Morgan fingerprint density at radius 3 is 2.62 bits per heavy atom. The van der Waals surface area contributed by atoms with Crippen LogP contribution < -0.4 is 16.2 Å². The molecule has 1 aromatic rings. The van der Waals surface area contributed by atoms with E-state index in [1.807, 2.05) is 0 Å². The standard InChI is InChI=1S/C9H14N2O4S/c10-7-2-3-8(11)9(6-7)15-4-1-5-16(12,13)14/h2-3,6H,1,4-5,10-11H2,(H,12,13,14). The van der Waals surface area contributed by atoms with Crippen LogP contribution in [0, 0.1) is 0 Å². The molecule has 0 aliphatic carbocycles. The minimum absolute atomic E-state index is 0.146. The molecule has 90 valence electrons. The first-order valence-corrected chi connectivity index (χ1v) is 6.22. The van der Waals surface area contributed by atoms with Crippen LogP contribution in [0.3, 0.4) is 0 Å². The van der Waals surface area contributed by atoms with Crippen LogP contribution >= 0.6 is 0 Å². The van der Waals surface area contributed by atoms with Crippen molar-refractivity contribution in [3.05, 3.63) is 18.2 Å². The minimum atomic E-state index is -3.93. The van der Waals surface area contributed by atoms with E-state index in [2.05, 4.69) is 0 Å². The Morgan fingerprint density at radius 2 is 2.00 bits per heavy atom. The number of anilines is 2. The van der Waals surface area contributed by atoms with Crippen molar-refractivity contribution in [1.29, 1.82) is 0 Å². The number of nitrogens with two attached hydrogens (primary N) is 2. The molecule has 0 saturated heterocycles. The fourth-order valence-electron chi connectivity index (χ4n) is 1.10. The molecule has 0 atom stereocenters. The van der Waals surface area contributed by atoms with Crippen LogP contribution in [0.15, 0.2) is 18.2 Å². The van der Waals surface area contributed by atoms with Gasteiger partial charge >= 0.3 is 0 Å². The van der Waals surface area contributed by atoms with Gasteiger partial charge < -0.3 is 16.2 Å². The van der Waals surface area contributed by atoms with Gasteiger partial charge in [0.05, 0.1) is 18.0 Å². The van der Waals surface area contributed by atoms with Gasteiger partial charge in [0.1, 0.15) is 5.75 Å². The first-order chi connectivity index (χ1) is 7.38. The van der Waals surface area contributed by atoms with Crippen LogP contribution in [-0.4, -0.2) is 25.3 Å². The van der Waals surface area contributed by atoms with Gasteiger partial charge in [0, 0.05) is 11.8 Å². The molecule has 0 unspecified atom stereocenters. The van der Waals surface area contributed by atoms with Gasteiger partial charge in [-0.2, -0.15) is 8.42 Å². The van der Waals surface area contributed by atoms with E-state index in [9.17, 15) is 8.42 Å². The van der Waals surface area contributed by atoms with Gasteiger partial charge in [0.2, 0.25) is 0 Å². The lowest BCUT2D eigenvalue weighted by Crippen LogP contribution is -2.09. The zero-order valence-electron chi connectivity index (χ0n) is 8.59. The fourth-order valence-corrected chi connectivity index (χ4v) is 1.58. The summed E-state index contributed by atoms with van der Waals surface area (Å²) in [6.45, 7) is 0.146. The molecule has 1 aromatic carbocycles. The van der Waals surface area contributed by atoms with E-state index in [1.165, 1.54) is 0 Å². The molecule has 0 spiro atoms. The number of hydrogen-bond donors (Lipinski definition) is 3. The molecule has 0 fully saturated rings. The maximum atomic E-state index is 10.4. The summed E-state index contributed by atoms with van der Waals surface area (Å²) in [5.74, 6) is 0.0743. The topological polar surface area (TPSA) is 116 Å². The molecule has 0 saturated carbocycles. The van der Waals surface area contributed by atoms with Crippen LogP contribution in [0.4, 0.5) is 11.4 Å². The predicted molar refractivity (Wildman–Crippen MR) is 61.8 cm³/mol. The summed E-state index contributed by atoms with van der Waals surface area (Å²) >= 11 is 0. The van der Waals surface area contributed by atoms with E-state index < -0.39 is 10.1 Å². The molecule has 1 rings (SSSR count). The number of nitrogen functional groups attached to an aromatic ring is 2. The highest BCUT2D eigenvalue weighted by Gasteiger charge is 2.05. The highest BCUT2D eigenvalue weighted by atomic mass is 32.2. The highest BCUT2D eigenvalue weighted by Crippen LogP contribution is 2.23. The third kappa shape index (κ3) is 4.37. The Balaban J connectivity index is 2.46. The van der Waals surface area contributed by atoms with E-state index in [-0.39, 0.29) is 18.8 Å². The van der Waals surface area contributed by atoms with Gasteiger partial charge in [-0.25, -0.2) is 0 Å². The SMILES string of the molecule is Nc1ccc(N)c(OCCCS(=O)(=O)O)c1. The van der Waals surface area contributed by atoms with Gasteiger partial charge in [-0.15, -0.1) is 0 Å². The molecular formula is C9H14N2O4S. The van der Waals surface area contributed by atoms with E-state index in [0.717, 1.165) is 0 Å². The first kappa shape index (κ1) is 12.6. The number of hydrogen-bond acceptors (Lipinski definition) is 5. The molecule has 0 aromatic heterocycles. The summed E-state index contributed by atoms with van der Waals surface area (Å²) in [4.78, 5) is 0. The Kier molecular flexibility index (Phi) is 3.97. The molecule has 0 amide bonds. The van der Waals surface area contributed by atoms with Gasteiger partial charge in [0.15, 0.2) is 0 Å². The van der Waals surface area contributed by atoms with E-state index in [4.69, 9.17) is 20.8 Å². The third-order valence-corrected chi connectivity index (χ3v) is 2.65. The number of ether oxygens (including phenoxy) is 1. The Labute approximate surface area is 93.9 Å². The van der Waals surface area contributed by atoms with Crippen molar-refractivity contribution in [2.75, 3.05) is 23.8 Å². The zero-order valence-corrected chi connectivity index (χ0v) is 9.40. The molecule has 7 heteroatoms. The average Bonchev–Trinajstić information content (AvgIpc) is 2.16. The van der Waals surface area contributed by atoms with E-state index in [0.29, 0.717) is 17.1 Å². The number of rotatable bonds is 5. The van der Waals surface area contributed by atoms with Gasteiger partial charge in [-0.05, 0) is 18.6 Å². The van der Waals surface area contributed by atoms with Gasteiger partial charge in [-0.3, -0.25) is 4.55 Å². The van der Waals surface area contributed by atoms with Crippen molar-refractivity contribution in [2.45, 2.75) is 6.42 Å². The Bertz CT molecular complexity index is 459. The lowest BCUT2D eigenvalue weighted by molar-refractivity contribution is 0.318. The maximum Gasteiger partial charge on any atom is 0.264 e. The smallest absolute Gasteiger partial charge is 0.264 e. The van der Waals surface area contributed by atoms with Crippen LogP contribution in [0.5, 0.6) is 5.75 Å². The number of benzene rings is 1. The van der Waals surface area contributed by atoms with Crippen LogP contribution in [-0.2, 0) is 10.1 Å². The van der Waals surface area contributed by atoms with Crippen LogP contribution in [0.25, 0.3) is 0 Å². The molecule has 0 radical (unpaired) electrons. The second-order valence-corrected chi connectivity index (χ2v) is 4.86.